The van der Waals surface area contributed by atoms with Gasteiger partial charge in [-0.1, -0.05) is 27.7 Å². The molecule has 8 nitrogen and oxygen atoms in total. The van der Waals surface area contributed by atoms with Crippen molar-refractivity contribution in [2.75, 3.05) is 0 Å². The van der Waals surface area contributed by atoms with E-state index in [0.717, 1.165) is 0 Å². The van der Waals surface area contributed by atoms with Gasteiger partial charge in [-0.15, -0.1) is 0 Å². The van der Waals surface area contributed by atoms with Gasteiger partial charge < -0.3 is 19.3 Å². The van der Waals surface area contributed by atoms with Crippen molar-refractivity contribution in [1.82, 2.24) is 18.3 Å². The van der Waals surface area contributed by atoms with Gasteiger partial charge in [-0.25, -0.2) is 0 Å². The Balaban J connectivity index is 1.74. The average Bonchev–Trinajstić information content (AvgIpc) is 3.25. The van der Waals surface area contributed by atoms with E-state index in [0.29, 0.717) is 80.7 Å². The number of hydrogen-bond donors (Lipinski definition) is 2. The molecule has 2 aromatic heterocycles. The maximum atomic E-state index is 12.5. The van der Waals surface area contributed by atoms with Gasteiger partial charge in [0.05, 0.1) is 12.4 Å². The van der Waals surface area contributed by atoms with Gasteiger partial charge in [0.15, 0.2) is 9.54 Å². The maximum Gasteiger partial charge on any atom is 0.210 e. The molecule has 0 bridgehead atoms. The van der Waals surface area contributed by atoms with Crippen molar-refractivity contribution in [1.29, 1.82) is 0 Å². The first-order chi connectivity index (χ1) is 17.2. The van der Waals surface area contributed by atoms with Gasteiger partial charge in [0.1, 0.15) is 11.6 Å². The summed E-state index contributed by atoms with van der Waals surface area (Å²) in [7, 11) is 0. The lowest BCUT2D eigenvalue weighted by Crippen LogP contribution is -2.21. The molecule has 37 heavy (non-hydrogen) atoms. The van der Waals surface area contributed by atoms with Crippen LogP contribution in [0.4, 0.5) is 0 Å². The predicted octanol–water partition coefficient (Wildman–Crippen LogP) is 6.42. The van der Waals surface area contributed by atoms with Crippen LogP contribution in [0.15, 0.2) is 12.4 Å². The van der Waals surface area contributed by atoms with E-state index in [2.05, 4.69) is 27.7 Å². The van der Waals surface area contributed by atoms with Crippen LogP contribution in [0.2, 0.25) is 0 Å². The van der Waals surface area contributed by atoms with Crippen LogP contribution < -0.4 is 0 Å². The molecule has 0 radical (unpaired) electrons. The van der Waals surface area contributed by atoms with Crippen molar-refractivity contribution < 1.29 is 19.8 Å². The van der Waals surface area contributed by atoms with E-state index in [1.165, 1.54) is 0 Å². The third-order valence-corrected chi connectivity index (χ3v) is 7.88. The summed E-state index contributed by atoms with van der Waals surface area (Å²) in [6.07, 6.45) is 6.90. The third kappa shape index (κ3) is 8.95. The largest absolute Gasteiger partial charge is 0.493 e. The Morgan fingerprint density at radius 2 is 1.08 bits per heavy atom. The standard InChI is InChI=1S/C27H44N4O4S2/c1-7-28-16-22(34)30(24(28)36)18-26(3,4)14-12-20(32)10-9-11-21(33)13-15-27(5,6)19-31-23(35)17-29(8-2)25(31)37/h16-17,34-35H,7-15,18-19H2,1-6H3. The zero-order valence-electron chi connectivity index (χ0n) is 23.2. The lowest BCUT2D eigenvalue weighted by Gasteiger charge is -2.25. The number of aromatic hydroxyl groups is 2. The van der Waals surface area contributed by atoms with Crippen LogP contribution in [0.3, 0.4) is 0 Å². The molecule has 2 heterocycles. The maximum absolute atomic E-state index is 12.5. The summed E-state index contributed by atoms with van der Waals surface area (Å²) in [4.78, 5) is 25.0. The molecule has 0 spiro atoms. The van der Waals surface area contributed by atoms with Gasteiger partial charge >= 0.3 is 0 Å². The smallest absolute Gasteiger partial charge is 0.210 e. The fourth-order valence-electron chi connectivity index (χ4n) is 4.49. The van der Waals surface area contributed by atoms with Gasteiger partial charge in [0, 0.05) is 51.9 Å². The molecule has 0 saturated heterocycles. The number of aromatic nitrogens is 4. The van der Waals surface area contributed by atoms with E-state index in [4.69, 9.17) is 24.4 Å². The summed E-state index contributed by atoms with van der Waals surface area (Å²) in [5.41, 5.74) is -0.412. The molecule has 0 atom stereocenters. The van der Waals surface area contributed by atoms with Crippen LogP contribution in [0.25, 0.3) is 0 Å². The van der Waals surface area contributed by atoms with Crippen LogP contribution in [-0.2, 0) is 35.8 Å². The third-order valence-electron chi connectivity index (χ3n) is 6.98. The Morgan fingerprint density at radius 1 is 0.730 bits per heavy atom. The molecule has 0 fully saturated rings. The second-order valence-corrected chi connectivity index (χ2v) is 12.3. The highest BCUT2D eigenvalue weighted by Gasteiger charge is 2.24. The molecule has 10 heteroatoms. The number of Topliss-reactive ketones (excluding diaryl/α,β-unsaturated/α-hetero) is 2. The van der Waals surface area contributed by atoms with E-state index < -0.39 is 0 Å². The first kappa shape index (κ1) is 31.0. The van der Waals surface area contributed by atoms with E-state index in [1.54, 1.807) is 21.5 Å². The highest BCUT2D eigenvalue weighted by Crippen LogP contribution is 2.30. The van der Waals surface area contributed by atoms with Gasteiger partial charge in [0.2, 0.25) is 11.8 Å². The number of imidazole rings is 2. The molecular formula is C27H44N4O4S2. The summed E-state index contributed by atoms with van der Waals surface area (Å²) in [5.74, 6) is 0.607. The zero-order valence-corrected chi connectivity index (χ0v) is 24.9. The Bertz CT molecular complexity index is 1110. The minimum absolute atomic E-state index is 0.146. The summed E-state index contributed by atoms with van der Waals surface area (Å²) in [6.45, 7) is 14.7. The summed E-state index contributed by atoms with van der Waals surface area (Å²) in [5, 5.41) is 20.4. The molecule has 2 aromatic rings. The molecule has 0 aromatic carbocycles. The zero-order chi connectivity index (χ0) is 28.0. The van der Waals surface area contributed by atoms with Crippen molar-refractivity contribution in [3.63, 3.8) is 0 Å². The lowest BCUT2D eigenvalue weighted by atomic mass is 9.85. The van der Waals surface area contributed by atoms with Crippen LogP contribution in [-0.4, -0.2) is 40.0 Å². The fraction of sp³-hybridized carbons (Fsp3) is 0.704. The number of ketones is 2. The number of aryl methyl sites for hydroxylation is 2. The van der Waals surface area contributed by atoms with Gasteiger partial charge in [0.25, 0.3) is 0 Å². The Hall–Kier alpha value is -2.20. The van der Waals surface area contributed by atoms with Crippen molar-refractivity contribution in [3.05, 3.63) is 21.9 Å². The predicted molar refractivity (Wildman–Crippen MR) is 151 cm³/mol. The molecule has 0 saturated carbocycles. The molecule has 2 rings (SSSR count). The quantitative estimate of drug-likeness (QED) is 0.233. The van der Waals surface area contributed by atoms with Crippen LogP contribution in [0, 0.1) is 20.4 Å². The molecule has 2 N–H and O–H groups in total. The topological polar surface area (TPSA) is 94.3 Å². The number of nitrogens with zero attached hydrogens (tertiary/aromatic N) is 4. The number of hydrogen-bond acceptors (Lipinski definition) is 6. The Morgan fingerprint density at radius 3 is 1.38 bits per heavy atom. The molecule has 0 amide bonds. The minimum atomic E-state index is -0.206. The number of carbonyl (C=O) groups is 2. The van der Waals surface area contributed by atoms with Crippen molar-refractivity contribution in [2.24, 2.45) is 10.8 Å². The normalized spacial score (nSPS) is 12.3. The van der Waals surface area contributed by atoms with Gasteiger partial charge in [-0.3, -0.25) is 18.7 Å². The molecule has 0 aliphatic rings. The molecule has 0 unspecified atom stereocenters. The minimum Gasteiger partial charge on any atom is -0.493 e. The second-order valence-electron chi connectivity index (χ2n) is 11.5. The van der Waals surface area contributed by atoms with Crippen molar-refractivity contribution in [2.45, 2.75) is 113 Å². The highest BCUT2D eigenvalue weighted by molar-refractivity contribution is 7.71. The van der Waals surface area contributed by atoms with E-state index in [1.807, 2.05) is 23.0 Å². The van der Waals surface area contributed by atoms with E-state index in [9.17, 15) is 19.8 Å². The molecule has 0 aliphatic carbocycles. The van der Waals surface area contributed by atoms with Crippen LogP contribution in [0.1, 0.15) is 86.5 Å². The SMILES string of the molecule is CCn1cc(O)n(CC(C)(C)CCC(=O)CCCC(=O)CCC(C)(C)Cn2c(O)cn(CC)c2=S)c1=S. The van der Waals surface area contributed by atoms with Crippen LogP contribution in [0.5, 0.6) is 11.8 Å². The summed E-state index contributed by atoms with van der Waals surface area (Å²) >= 11 is 10.9. The Kier molecular flexibility index (Phi) is 10.9. The second kappa shape index (κ2) is 13.0. The average molecular weight is 553 g/mol. The van der Waals surface area contributed by atoms with Crippen molar-refractivity contribution in [3.8, 4) is 11.8 Å². The molecule has 208 valence electrons. The summed E-state index contributed by atoms with van der Waals surface area (Å²) in [6, 6.07) is 0. The van der Waals surface area contributed by atoms with Gasteiger partial charge in [-0.05, 0) is 68.4 Å². The van der Waals surface area contributed by atoms with Gasteiger partial charge in [-0.2, -0.15) is 0 Å². The lowest BCUT2D eigenvalue weighted by molar-refractivity contribution is -0.121. The number of rotatable bonds is 16. The fourth-order valence-corrected chi connectivity index (χ4v) is 5.17. The summed E-state index contributed by atoms with van der Waals surface area (Å²) < 4.78 is 8.26. The first-order valence-electron chi connectivity index (χ1n) is 13.2. The van der Waals surface area contributed by atoms with Crippen molar-refractivity contribution >= 4 is 36.0 Å². The monoisotopic (exact) mass is 552 g/mol. The van der Waals surface area contributed by atoms with Crippen LogP contribution >= 0.6 is 24.4 Å². The highest BCUT2D eigenvalue weighted by atomic mass is 32.1. The molecular weight excluding hydrogens is 508 g/mol. The number of carbonyl (C=O) groups excluding carboxylic acids is 2. The Labute approximate surface area is 230 Å². The first-order valence-corrected chi connectivity index (χ1v) is 14.0. The van der Waals surface area contributed by atoms with E-state index >= 15 is 0 Å². The molecule has 0 aliphatic heterocycles. The van der Waals surface area contributed by atoms with E-state index in [-0.39, 0.29) is 34.2 Å².